The number of hydrogen-bond donors (Lipinski definition) is 2. The number of aryl methyl sites for hydroxylation is 1. The van der Waals surface area contributed by atoms with Gasteiger partial charge in [-0.2, -0.15) is 0 Å². The van der Waals surface area contributed by atoms with Crippen molar-refractivity contribution in [1.82, 2.24) is 10.2 Å². The Morgan fingerprint density at radius 3 is 2.33 bits per heavy atom. The zero-order valence-electron chi connectivity index (χ0n) is 14.1. The van der Waals surface area contributed by atoms with Crippen molar-refractivity contribution in [2.45, 2.75) is 52.1 Å². The van der Waals surface area contributed by atoms with Gasteiger partial charge in [-0.3, -0.25) is 4.90 Å². The van der Waals surface area contributed by atoms with Gasteiger partial charge in [-0.25, -0.2) is 0 Å². The highest BCUT2D eigenvalue weighted by Crippen LogP contribution is 2.21. The van der Waals surface area contributed by atoms with Crippen LogP contribution in [0.1, 0.15) is 50.3 Å². The van der Waals surface area contributed by atoms with E-state index < -0.39 is 0 Å². The molecule has 0 aliphatic carbocycles. The number of rotatable bonds is 10. The van der Waals surface area contributed by atoms with E-state index in [9.17, 15) is 5.11 Å². The first kappa shape index (κ1) is 18.1. The van der Waals surface area contributed by atoms with E-state index >= 15 is 0 Å². The minimum atomic E-state index is 0.241. The number of nitrogens with one attached hydrogen (secondary N) is 1. The summed E-state index contributed by atoms with van der Waals surface area (Å²) < 4.78 is 0. The van der Waals surface area contributed by atoms with Crippen molar-refractivity contribution in [3.05, 3.63) is 35.4 Å². The normalized spacial score (nSPS) is 13.1. The molecule has 2 N–H and O–H groups in total. The Morgan fingerprint density at radius 2 is 1.81 bits per heavy atom. The van der Waals surface area contributed by atoms with Crippen molar-refractivity contribution in [3.8, 4) is 0 Å². The molecule has 0 amide bonds. The number of hydrogen-bond acceptors (Lipinski definition) is 3. The summed E-state index contributed by atoms with van der Waals surface area (Å²) in [6.07, 6.45) is 3.36. The van der Waals surface area contributed by atoms with Gasteiger partial charge < -0.3 is 10.4 Å². The van der Waals surface area contributed by atoms with E-state index in [1.54, 1.807) is 0 Å². The largest absolute Gasteiger partial charge is 0.395 e. The third-order valence-corrected chi connectivity index (χ3v) is 4.46. The Kier molecular flexibility index (Phi) is 8.58. The lowest BCUT2D eigenvalue weighted by Gasteiger charge is -2.31. The summed E-state index contributed by atoms with van der Waals surface area (Å²) in [6, 6.07) is 9.54. The van der Waals surface area contributed by atoms with Crippen LogP contribution in [-0.2, 0) is 0 Å². The summed E-state index contributed by atoms with van der Waals surface area (Å²) in [5, 5.41) is 12.7. The van der Waals surface area contributed by atoms with Crippen molar-refractivity contribution in [3.63, 3.8) is 0 Å². The molecule has 0 bridgehead atoms. The van der Waals surface area contributed by atoms with E-state index in [2.05, 4.69) is 55.3 Å². The average Bonchev–Trinajstić information content (AvgIpc) is 2.50. The topological polar surface area (TPSA) is 35.5 Å². The van der Waals surface area contributed by atoms with E-state index in [0.29, 0.717) is 12.1 Å². The van der Waals surface area contributed by atoms with E-state index in [0.717, 1.165) is 32.4 Å². The second-order valence-corrected chi connectivity index (χ2v) is 5.72. The Labute approximate surface area is 130 Å². The quantitative estimate of drug-likeness (QED) is 0.695. The van der Waals surface area contributed by atoms with Gasteiger partial charge in [-0.05, 0) is 44.4 Å². The molecule has 0 aliphatic heterocycles. The van der Waals surface area contributed by atoms with Crippen molar-refractivity contribution in [2.24, 2.45) is 0 Å². The van der Waals surface area contributed by atoms with Gasteiger partial charge in [0.25, 0.3) is 0 Å². The molecule has 21 heavy (non-hydrogen) atoms. The number of benzene rings is 1. The Hall–Kier alpha value is -0.900. The fourth-order valence-electron chi connectivity index (χ4n) is 3.14. The van der Waals surface area contributed by atoms with Crippen LogP contribution in [0, 0.1) is 6.92 Å². The van der Waals surface area contributed by atoms with Gasteiger partial charge in [0.2, 0.25) is 0 Å². The summed E-state index contributed by atoms with van der Waals surface area (Å²) in [7, 11) is 2.03. The lowest BCUT2D eigenvalue weighted by atomic mass is 9.98. The van der Waals surface area contributed by atoms with Gasteiger partial charge in [-0.1, -0.05) is 38.1 Å². The number of nitrogens with zero attached hydrogens (tertiary/aromatic N) is 1. The van der Waals surface area contributed by atoms with Crippen LogP contribution >= 0.6 is 0 Å². The van der Waals surface area contributed by atoms with Crippen LogP contribution in [0.4, 0.5) is 0 Å². The van der Waals surface area contributed by atoms with Crippen molar-refractivity contribution >= 4 is 0 Å². The fraction of sp³-hybridized carbons (Fsp3) is 0.667. The van der Waals surface area contributed by atoms with Gasteiger partial charge >= 0.3 is 0 Å². The molecule has 1 aromatic rings. The van der Waals surface area contributed by atoms with Crippen LogP contribution < -0.4 is 5.32 Å². The molecule has 0 heterocycles. The van der Waals surface area contributed by atoms with Gasteiger partial charge in [0, 0.05) is 25.2 Å². The molecule has 1 aromatic carbocycles. The molecule has 0 aliphatic rings. The lowest BCUT2D eigenvalue weighted by Crippen LogP contribution is -2.38. The van der Waals surface area contributed by atoms with Crippen LogP contribution in [0.2, 0.25) is 0 Å². The monoisotopic (exact) mass is 292 g/mol. The first-order valence-electron chi connectivity index (χ1n) is 8.25. The molecule has 3 nitrogen and oxygen atoms in total. The van der Waals surface area contributed by atoms with E-state index in [-0.39, 0.29) is 6.61 Å². The molecule has 1 unspecified atom stereocenters. The van der Waals surface area contributed by atoms with Crippen LogP contribution in [0.3, 0.4) is 0 Å². The van der Waals surface area contributed by atoms with Crippen LogP contribution in [0.15, 0.2) is 24.3 Å². The molecule has 1 atom stereocenters. The molecule has 0 spiro atoms. The van der Waals surface area contributed by atoms with Gasteiger partial charge in [0.05, 0.1) is 6.61 Å². The maximum atomic E-state index is 9.30. The SMILES string of the molecule is CCC(CC)N(CCO)CCC(NC)c1ccccc1C. The van der Waals surface area contributed by atoms with E-state index in [4.69, 9.17) is 0 Å². The van der Waals surface area contributed by atoms with Gasteiger partial charge in [0.1, 0.15) is 0 Å². The standard InChI is InChI=1S/C18H32N2O/c1-5-16(6-2)20(13-14-21)12-11-18(19-4)17-10-8-7-9-15(17)3/h7-10,16,18-19,21H,5-6,11-14H2,1-4H3. The van der Waals surface area contributed by atoms with Gasteiger partial charge in [-0.15, -0.1) is 0 Å². The molecule has 1 rings (SSSR count). The van der Waals surface area contributed by atoms with Gasteiger partial charge in [0.15, 0.2) is 0 Å². The Balaban J connectivity index is 2.70. The molecular weight excluding hydrogens is 260 g/mol. The number of aliphatic hydroxyl groups is 1. The maximum absolute atomic E-state index is 9.30. The molecule has 0 fully saturated rings. The van der Waals surface area contributed by atoms with Crippen molar-refractivity contribution < 1.29 is 5.11 Å². The highest BCUT2D eigenvalue weighted by molar-refractivity contribution is 5.28. The molecule has 0 radical (unpaired) electrons. The van der Waals surface area contributed by atoms with Crippen LogP contribution in [-0.4, -0.2) is 42.8 Å². The average molecular weight is 292 g/mol. The minimum absolute atomic E-state index is 0.241. The van der Waals surface area contributed by atoms with Crippen LogP contribution in [0.5, 0.6) is 0 Å². The van der Waals surface area contributed by atoms with Crippen LogP contribution in [0.25, 0.3) is 0 Å². The second-order valence-electron chi connectivity index (χ2n) is 5.72. The molecular formula is C18H32N2O. The molecule has 120 valence electrons. The predicted octanol–water partition coefficient (Wildman–Crippen LogP) is 3.13. The lowest BCUT2D eigenvalue weighted by molar-refractivity contribution is 0.138. The highest BCUT2D eigenvalue weighted by atomic mass is 16.3. The first-order valence-corrected chi connectivity index (χ1v) is 8.25. The summed E-state index contributed by atoms with van der Waals surface area (Å²) >= 11 is 0. The van der Waals surface area contributed by atoms with E-state index in [1.807, 2.05) is 7.05 Å². The third kappa shape index (κ3) is 5.42. The van der Waals surface area contributed by atoms with Crippen molar-refractivity contribution in [2.75, 3.05) is 26.7 Å². The summed E-state index contributed by atoms with van der Waals surface area (Å²) in [5.74, 6) is 0. The molecule has 0 saturated carbocycles. The zero-order valence-corrected chi connectivity index (χ0v) is 14.1. The molecule has 0 aromatic heterocycles. The molecule has 3 heteroatoms. The number of aliphatic hydroxyl groups excluding tert-OH is 1. The molecule has 0 saturated heterocycles. The predicted molar refractivity (Wildman–Crippen MR) is 90.6 cm³/mol. The highest BCUT2D eigenvalue weighted by Gasteiger charge is 2.17. The van der Waals surface area contributed by atoms with E-state index in [1.165, 1.54) is 11.1 Å². The summed E-state index contributed by atoms with van der Waals surface area (Å²) in [4.78, 5) is 2.43. The fourth-order valence-corrected chi connectivity index (χ4v) is 3.14. The summed E-state index contributed by atoms with van der Waals surface area (Å²) in [5.41, 5.74) is 2.72. The Bertz CT molecular complexity index is 391. The Morgan fingerprint density at radius 1 is 1.14 bits per heavy atom. The second kappa shape index (κ2) is 9.93. The summed E-state index contributed by atoms with van der Waals surface area (Å²) in [6.45, 7) is 8.67. The third-order valence-electron chi connectivity index (χ3n) is 4.46. The maximum Gasteiger partial charge on any atom is 0.0558 e. The van der Waals surface area contributed by atoms with Crippen molar-refractivity contribution in [1.29, 1.82) is 0 Å². The minimum Gasteiger partial charge on any atom is -0.395 e. The zero-order chi connectivity index (χ0) is 15.7. The smallest absolute Gasteiger partial charge is 0.0558 e. The first-order chi connectivity index (χ1) is 10.2.